The lowest BCUT2D eigenvalue weighted by Crippen LogP contribution is -2.30. The van der Waals surface area contributed by atoms with Crippen LogP contribution in [-0.2, 0) is 6.42 Å². The molecular weight excluding hydrogens is 248 g/mol. The fourth-order valence-corrected chi connectivity index (χ4v) is 2.45. The molecule has 0 bridgehead atoms. The molecule has 1 fully saturated rings. The molecule has 0 saturated carbocycles. The van der Waals surface area contributed by atoms with E-state index >= 15 is 0 Å². The molecule has 1 aromatic rings. The molecule has 18 heavy (non-hydrogen) atoms. The summed E-state index contributed by atoms with van der Waals surface area (Å²) in [5.41, 5.74) is 1.82. The average molecular weight is 270 g/mol. The van der Waals surface area contributed by atoms with Gasteiger partial charge in [-0.3, -0.25) is 0 Å². The van der Waals surface area contributed by atoms with Crippen molar-refractivity contribution in [2.75, 3.05) is 13.1 Å². The van der Waals surface area contributed by atoms with Gasteiger partial charge in [-0.2, -0.15) is 0 Å². The van der Waals surface area contributed by atoms with Gasteiger partial charge >= 0.3 is 7.12 Å². The van der Waals surface area contributed by atoms with Crippen molar-refractivity contribution in [1.29, 1.82) is 0 Å². The van der Waals surface area contributed by atoms with Gasteiger partial charge in [-0.1, -0.05) is 24.3 Å². The lowest BCUT2D eigenvalue weighted by Gasteiger charge is -2.20. The molecule has 0 spiro atoms. The highest BCUT2D eigenvalue weighted by Gasteiger charge is 2.19. The van der Waals surface area contributed by atoms with Crippen molar-refractivity contribution in [2.45, 2.75) is 32.2 Å². The summed E-state index contributed by atoms with van der Waals surface area (Å²) >= 11 is 0. The monoisotopic (exact) mass is 269 g/mol. The minimum absolute atomic E-state index is 0. The molecule has 0 aliphatic carbocycles. The van der Waals surface area contributed by atoms with E-state index in [2.05, 4.69) is 11.8 Å². The van der Waals surface area contributed by atoms with Gasteiger partial charge in [0.25, 0.3) is 0 Å². The van der Waals surface area contributed by atoms with E-state index in [1.165, 1.54) is 24.9 Å². The van der Waals surface area contributed by atoms with E-state index in [4.69, 9.17) is 10.0 Å². The number of rotatable bonds is 4. The standard InChI is InChI=1S/C13H20BNO2.ClH/c1-11-3-2-9-15(11)10-8-12-4-6-13(7-5-12)14(16)17;/h4-7,11,16-17H,2-3,8-10H2,1H3;1H. The van der Waals surface area contributed by atoms with Crippen molar-refractivity contribution < 1.29 is 10.0 Å². The summed E-state index contributed by atoms with van der Waals surface area (Å²) in [6.45, 7) is 4.61. The minimum Gasteiger partial charge on any atom is -0.423 e. The van der Waals surface area contributed by atoms with Gasteiger partial charge < -0.3 is 14.9 Å². The first-order valence-electron chi connectivity index (χ1n) is 6.36. The molecule has 1 atom stereocenters. The summed E-state index contributed by atoms with van der Waals surface area (Å²) < 4.78 is 0. The summed E-state index contributed by atoms with van der Waals surface area (Å²) in [6.07, 6.45) is 3.67. The third-order valence-electron chi connectivity index (χ3n) is 3.66. The van der Waals surface area contributed by atoms with E-state index in [0.29, 0.717) is 11.5 Å². The van der Waals surface area contributed by atoms with Crippen molar-refractivity contribution in [2.24, 2.45) is 0 Å². The predicted molar refractivity (Wildman–Crippen MR) is 77.5 cm³/mol. The summed E-state index contributed by atoms with van der Waals surface area (Å²) in [5.74, 6) is 0. The van der Waals surface area contributed by atoms with Crippen LogP contribution in [0.5, 0.6) is 0 Å². The van der Waals surface area contributed by atoms with Crippen LogP contribution in [0.3, 0.4) is 0 Å². The number of nitrogens with zero attached hydrogens (tertiary/aromatic N) is 1. The lowest BCUT2D eigenvalue weighted by atomic mass is 9.80. The zero-order valence-electron chi connectivity index (χ0n) is 10.7. The maximum absolute atomic E-state index is 9.00. The normalized spacial score (nSPS) is 19.6. The summed E-state index contributed by atoms with van der Waals surface area (Å²) in [7, 11) is -1.36. The van der Waals surface area contributed by atoms with E-state index in [0.717, 1.165) is 13.0 Å². The Balaban J connectivity index is 0.00000162. The van der Waals surface area contributed by atoms with Gasteiger partial charge in [0.1, 0.15) is 0 Å². The zero-order chi connectivity index (χ0) is 12.3. The van der Waals surface area contributed by atoms with Crippen LogP contribution >= 0.6 is 12.4 Å². The topological polar surface area (TPSA) is 43.7 Å². The molecule has 3 nitrogen and oxygen atoms in total. The molecule has 0 amide bonds. The van der Waals surface area contributed by atoms with Crippen LogP contribution in [-0.4, -0.2) is 41.2 Å². The fourth-order valence-electron chi connectivity index (χ4n) is 2.45. The molecule has 5 heteroatoms. The van der Waals surface area contributed by atoms with Gasteiger partial charge in [0.2, 0.25) is 0 Å². The Morgan fingerprint density at radius 1 is 1.28 bits per heavy atom. The zero-order valence-corrected chi connectivity index (χ0v) is 11.6. The van der Waals surface area contributed by atoms with Gasteiger partial charge in [-0.25, -0.2) is 0 Å². The second-order valence-electron chi connectivity index (χ2n) is 4.89. The quantitative estimate of drug-likeness (QED) is 0.795. The Hall–Kier alpha value is -0.545. The van der Waals surface area contributed by atoms with Crippen LogP contribution < -0.4 is 5.46 Å². The molecule has 1 aliphatic heterocycles. The second-order valence-corrected chi connectivity index (χ2v) is 4.89. The first-order valence-corrected chi connectivity index (χ1v) is 6.36. The van der Waals surface area contributed by atoms with Crippen LogP contribution in [0.15, 0.2) is 24.3 Å². The average Bonchev–Trinajstić information content (AvgIpc) is 2.73. The summed E-state index contributed by atoms with van der Waals surface area (Å²) in [5, 5.41) is 18.0. The highest BCUT2D eigenvalue weighted by molar-refractivity contribution is 6.58. The lowest BCUT2D eigenvalue weighted by molar-refractivity contribution is 0.272. The minimum atomic E-state index is -1.36. The van der Waals surface area contributed by atoms with Gasteiger partial charge in [0.15, 0.2) is 0 Å². The van der Waals surface area contributed by atoms with Gasteiger partial charge in [0.05, 0.1) is 0 Å². The molecule has 1 unspecified atom stereocenters. The number of hydrogen-bond donors (Lipinski definition) is 2. The van der Waals surface area contributed by atoms with Crippen LogP contribution in [0.4, 0.5) is 0 Å². The Labute approximate surface area is 115 Å². The van der Waals surface area contributed by atoms with Gasteiger partial charge in [-0.05, 0) is 43.8 Å². The summed E-state index contributed by atoms with van der Waals surface area (Å²) in [4.78, 5) is 2.52. The SMILES string of the molecule is CC1CCCN1CCc1ccc(B(O)O)cc1.Cl. The predicted octanol–water partition coefficient (Wildman–Crippen LogP) is 0.815. The van der Waals surface area contributed by atoms with Crippen molar-refractivity contribution >= 4 is 25.0 Å². The molecule has 2 N–H and O–H groups in total. The van der Waals surface area contributed by atoms with Crippen molar-refractivity contribution in [3.8, 4) is 0 Å². The van der Waals surface area contributed by atoms with Crippen molar-refractivity contribution in [1.82, 2.24) is 4.90 Å². The number of hydrogen-bond acceptors (Lipinski definition) is 3. The van der Waals surface area contributed by atoms with Crippen molar-refractivity contribution in [3.05, 3.63) is 29.8 Å². The number of benzene rings is 1. The molecule has 1 aromatic carbocycles. The number of halogens is 1. The third kappa shape index (κ3) is 3.99. The fraction of sp³-hybridized carbons (Fsp3) is 0.538. The second kappa shape index (κ2) is 7.14. The first kappa shape index (κ1) is 15.5. The Bertz CT molecular complexity index is 359. The Morgan fingerprint density at radius 3 is 2.44 bits per heavy atom. The van der Waals surface area contributed by atoms with E-state index in [1.54, 1.807) is 12.1 Å². The maximum atomic E-state index is 9.00. The van der Waals surface area contributed by atoms with E-state index in [-0.39, 0.29) is 12.4 Å². The Morgan fingerprint density at radius 2 is 1.94 bits per heavy atom. The highest BCUT2D eigenvalue weighted by Crippen LogP contribution is 2.16. The van der Waals surface area contributed by atoms with Gasteiger partial charge in [0, 0.05) is 12.6 Å². The molecule has 100 valence electrons. The molecule has 1 saturated heterocycles. The van der Waals surface area contributed by atoms with Crippen LogP contribution in [0.1, 0.15) is 25.3 Å². The Kier molecular flexibility index (Phi) is 6.16. The first-order chi connectivity index (χ1) is 8.16. The van der Waals surface area contributed by atoms with Crippen molar-refractivity contribution in [3.63, 3.8) is 0 Å². The largest absolute Gasteiger partial charge is 0.488 e. The van der Waals surface area contributed by atoms with Crippen LogP contribution in [0.2, 0.25) is 0 Å². The third-order valence-corrected chi connectivity index (χ3v) is 3.66. The van der Waals surface area contributed by atoms with E-state index < -0.39 is 7.12 Å². The van der Waals surface area contributed by atoms with Crippen LogP contribution in [0, 0.1) is 0 Å². The van der Waals surface area contributed by atoms with E-state index in [9.17, 15) is 0 Å². The molecule has 1 aliphatic rings. The van der Waals surface area contributed by atoms with Gasteiger partial charge in [-0.15, -0.1) is 12.4 Å². The van der Waals surface area contributed by atoms with Crippen LogP contribution in [0.25, 0.3) is 0 Å². The van der Waals surface area contributed by atoms with E-state index in [1.807, 2.05) is 12.1 Å². The molecule has 0 aromatic heterocycles. The number of likely N-dealkylation sites (tertiary alicyclic amines) is 1. The smallest absolute Gasteiger partial charge is 0.423 e. The molecule has 1 heterocycles. The highest BCUT2D eigenvalue weighted by atomic mass is 35.5. The maximum Gasteiger partial charge on any atom is 0.488 e. The summed E-state index contributed by atoms with van der Waals surface area (Å²) in [6, 6.07) is 8.25. The molecular formula is C13H21BClNO2. The molecule has 2 rings (SSSR count). The molecule has 0 radical (unpaired) electrons.